The third-order valence-corrected chi connectivity index (χ3v) is 4.87. The van der Waals surface area contributed by atoms with Gasteiger partial charge in [-0.15, -0.1) is 11.3 Å². The van der Waals surface area contributed by atoms with Gasteiger partial charge in [-0.3, -0.25) is 4.79 Å². The first-order valence-corrected chi connectivity index (χ1v) is 8.68. The Morgan fingerprint density at radius 2 is 2.14 bits per heavy atom. The Morgan fingerprint density at radius 3 is 2.91 bits per heavy atom. The van der Waals surface area contributed by atoms with Crippen LogP contribution in [0.1, 0.15) is 37.1 Å². The fourth-order valence-electron chi connectivity index (χ4n) is 2.89. The molecule has 2 aromatic rings. The molecule has 3 N–H and O–H groups in total. The number of thiazole rings is 1. The van der Waals surface area contributed by atoms with Crippen LogP contribution in [0.4, 0.5) is 5.69 Å². The molecule has 1 aromatic heterocycles. The third kappa shape index (κ3) is 3.85. The Morgan fingerprint density at radius 1 is 1.32 bits per heavy atom. The number of benzene rings is 1. The molecule has 4 nitrogen and oxygen atoms in total. The van der Waals surface area contributed by atoms with Gasteiger partial charge in [0.15, 0.2) is 0 Å². The molecule has 3 rings (SSSR count). The van der Waals surface area contributed by atoms with E-state index in [0.29, 0.717) is 12.5 Å². The standard InChI is InChI=1S/C17H21N3OS/c18-13-6-4-5-12(9-13)15-11-22-17(20-15)10-16(21)19-14-7-2-1-3-8-14/h4-6,9,11,14H,1-3,7-8,10,18H2,(H,19,21). The molecular formula is C17H21N3OS. The fraction of sp³-hybridized carbons (Fsp3) is 0.412. The number of aromatic nitrogens is 1. The highest BCUT2D eigenvalue weighted by Crippen LogP contribution is 2.24. The number of hydrogen-bond donors (Lipinski definition) is 2. The monoisotopic (exact) mass is 315 g/mol. The summed E-state index contributed by atoms with van der Waals surface area (Å²) in [4.78, 5) is 16.7. The molecule has 1 heterocycles. The van der Waals surface area contributed by atoms with Crippen LogP contribution in [0.25, 0.3) is 11.3 Å². The van der Waals surface area contributed by atoms with E-state index in [1.807, 2.05) is 29.6 Å². The Kier molecular flexibility index (Phi) is 4.73. The molecule has 0 aliphatic heterocycles. The van der Waals surface area contributed by atoms with Crippen molar-refractivity contribution in [3.8, 4) is 11.3 Å². The average Bonchev–Trinajstić information content (AvgIpc) is 2.96. The average molecular weight is 315 g/mol. The van der Waals surface area contributed by atoms with Crippen LogP contribution in [0.3, 0.4) is 0 Å². The lowest BCUT2D eigenvalue weighted by Gasteiger charge is -2.22. The van der Waals surface area contributed by atoms with Crippen molar-refractivity contribution >= 4 is 22.9 Å². The number of nitrogens with zero attached hydrogens (tertiary/aromatic N) is 1. The van der Waals surface area contributed by atoms with Crippen molar-refractivity contribution < 1.29 is 4.79 Å². The molecule has 0 radical (unpaired) electrons. The summed E-state index contributed by atoms with van der Waals surface area (Å²) in [5.41, 5.74) is 8.41. The van der Waals surface area contributed by atoms with Crippen LogP contribution in [-0.4, -0.2) is 16.9 Å². The van der Waals surface area contributed by atoms with Crippen molar-refractivity contribution in [2.24, 2.45) is 0 Å². The molecule has 5 heteroatoms. The van der Waals surface area contributed by atoms with Crippen LogP contribution in [0.15, 0.2) is 29.6 Å². The Bertz CT molecular complexity index is 647. The molecule has 1 amide bonds. The summed E-state index contributed by atoms with van der Waals surface area (Å²) in [6.07, 6.45) is 6.33. The first-order valence-electron chi connectivity index (χ1n) is 7.80. The highest BCUT2D eigenvalue weighted by molar-refractivity contribution is 7.10. The fourth-order valence-corrected chi connectivity index (χ4v) is 3.69. The highest BCUT2D eigenvalue weighted by Gasteiger charge is 2.16. The van der Waals surface area contributed by atoms with Gasteiger partial charge in [-0.1, -0.05) is 31.4 Å². The molecule has 1 aromatic carbocycles. The Balaban J connectivity index is 1.60. The van der Waals surface area contributed by atoms with Crippen molar-refractivity contribution in [1.29, 1.82) is 0 Å². The number of anilines is 1. The molecule has 0 unspecified atom stereocenters. The number of rotatable bonds is 4. The van der Waals surface area contributed by atoms with Gasteiger partial charge in [0, 0.05) is 22.7 Å². The summed E-state index contributed by atoms with van der Waals surface area (Å²) < 4.78 is 0. The molecular weight excluding hydrogens is 294 g/mol. The van der Waals surface area contributed by atoms with Crippen LogP contribution in [0, 0.1) is 0 Å². The van der Waals surface area contributed by atoms with Gasteiger partial charge in [0.25, 0.3) is 0 Å². The van der Waals surface area contributed by atoms with Gasteiger partial charge < -0.3 is 11.1 Å². The lowest BCUT2D eigenvalue weighted by Crippen LogP contribution is -2.37. The lowest BCUT2D eigenvalue weighted by atomic mass is 9.95. The minimum absolute atomic E-state index is 0.0837. The zero-order valence-corrected chi connectivity index (χ0v) is 13.4. The number of carbonyl (C=O) groups is 1. The van der Waals surface area contributed by atoms with Crippen molar-refractivity contribution in [3.63, 3.8) is 0 Å². The predicted octanol–water partition coefficient (Wildman–Crippen LogP) is 3.38. The van der Waals surface area contributed by atoms with Crippen molar-refractivity contribution in [2.75, 3.05) is 5.73 Å². The molecule has 22 heavy (non-hydrogen) atoms. The van der Waals surface area contributed by atoms with E-state index in [1.165, 1.54) is 30.6 Å². The number of nitrogens with one attached hydrogen (secondary N) is 1. The maximum atomic E-state index is 12.1. The van der Waals surface area contributed by atoms with Crippen LogP contribution in [0.5, 0.6) is 0 Å². The largest absolute Gasteiger partial charge is 0.399 e. The molecule has 1 saturated carbocycles. The summed E-state index contributed by atoms with van der Waals surface area (Å²) in [5.74, 6) is 0.0837. The number of carbonyl (C=O) groups excluding carboxylic acids is 1. The van der Waals surface area contributed by atoms with Gasteiger partial charge in [0.05, 0.1) is 12.1 Å². The topological polar surface area (TPSA) is 68.0 Å². The zero-order valence-electron chi connectivity index (χ0n) is 12.5. The molecule has 116 valence electrons. The van der Waals surface area contributed by atoms with Gasteiger partial charge >= 0.3 is 0 Å². The second kappa shape index (κ2) is 6.92. The van der Waals surface area contributed by atoms with Gasteiger partial charge in [-0.25, -0.2) is 4.98 Å². The van der Waals surface area contributed by atoms with Crippen LogP contribution < -0.4 is 11.1 Å². The predicted molar refractivity (Wildman–Crippen MR) is 90.7 cm³/mol. The highest BCUT2D eigenvalue weighted by atomic mass is 32.1. The van der Waals surface area contributed by atoms with E-state index < -0.39 is 0 Å². The maximum absolute atomic E-state index is 12.1. The van der Waals surface area contributed by atoms with Crippen molar-refractivity contribution in [1.82, 2.24) is 10.3 Å². The molecule has 0 bridgehead atoms. The van der Waals surface area contributed by atoms with Gasteiger partial charge in [0.2, 0.25) is 5.91 Å². The van der Waals surface area contributed by atoms with E-state index in [2.05, 4.69) is 10.3 Å². The van der Waals surface area contributed by atoms with Gasteiger partial charge in [-0.2, -0.15) is 0 Å². The molecule has 0 saturated heterocycles. The van der Waals surface area contributed by atoms with E-state index in [4.69, 9.17) is 5.73 Å². The summed E-state index contributed by atoms with van der Waals surface area (Å²) in [6.45, 7) is 0. The molecule has 0 spiro atoms. The molecule has 1 aliphatic carbocycles. The van der Waals surface area contributed by atoms with Gasteiger partial charge in [0.1, 0.15) is 5.01 Å². The smallest absolute Gasteiger partial charge is 0.227 e. The quantitative estimate of drug-likeness (QED) is 0.850. The molecule has 0 atom stereocenters. The van der Waals surface area contributed by atoms with E-state index in [-0.39, 0.29) is 5.91 Å². The molecule has 1 fully saturated rings. The number of amides is 1. The number of nitrogens with two attached hydrogens (primary N) is 1. The summed E-state index contributed by atoms with van der Waals surface area (Å²) in [7, 11) is 0. The minimum atomic E-state index is 0.0837. The molecule has 1 aliphatic rings. The Hall–Kier alpha value is -1.88. The Labute approximate surface area is 134 Å². The van der Waals surface area contributed by atoms with E-state index >= 15 is 0 Å². The van der Waals surface area contributed by atoms with Crippen LogP contribution in [-0.2, 0) is 11.2 Å². The van der Waals surface area contributed by atoms with E-state index in [1.54, 1.807) is 0 Å². The van der Waals surface area contributed by atoms with Gasteiger partial charge in [-0.05, 0) is 25.0 Å². The number of hydrogen-bond acceptors (Lipinski definition) is 4. The van der Waals surface area contributed by atoms with Crippen LogP contribution >= 0.6 is 11.3 Å². The summed E-state index contributed by atoms with van der Waals surface area (Å²) in [5, 5.41) is 5.97. The minimum Gasteiger partial charge on any atom is -0.399 e. The van der Waals surface area contributed by atoms with Crippen LogP contribution in [0.2, 0.25) is 0 Å². The zero-order chi connectivity index (χ0) is 15.4. The number of nitrogen functional groups attached to an aromatic ring is 1. The second-order valence-electron chi connectivity index (χ2n) is 5.83. The third-order valence-electron chi connectivity index (χ3n) is 4.02. The SMILES string of the molecule is Nc1cccc(-c2csc(CC(=O)NC3CCCCC3)n2)c1. The summed E-state index contributed by atoms with van der Waals surface area (Å²) in [6, 6.07) is 8.01. The van der Waals surface area contributed by atoms with Crippen molar-refractivity contribution in [2.45, 2.75) is 44.6 Å². The second-order valence-corrected chi connectivity index (χ2v) is 6.77. The first kappa shape index (κ1) is 15.0. The lowest BCUT2D eigenvalue weighted by molar-refractivity contribution is -0.121. The normalized spacial score (nSPS) is 15.6. The maximum Gasteiger partial charge on any atom is 0.227 e. The van der Waals surface area contributed by atoms with E-state index in [9.17, 15) is 4.79 Å². The van der Waals surface area contributed by atoms with E-state index in [0.717, 1.165) is 34.8 Å². The summed E-state index contributed by atoms with van der Waals surface area (Å²) >= 11 is 1.53. The van der Waals surface area contributed by atoms with Crippen molar-refractivity contribution in [3.05, 3.63) is 34.7 Å². The first-order chi connectivity index (χ1) is 10.7.